The first-order chi connectivity index (χ1) is 15.9. The van der Waals surface area contributed by atoms with Crippen LogP contribution >= 0.6 is 0 Å². The van der Waals surface area contributed by atoms with Crippen molar-refractivity contribution in [3.8, 4) is 5.75 Å². The number of carbonyl (C=O) groups excluding carboxylic acids is 2. The van der Waals surface area contributed by atoms with Crippen LogP contribution in [0.15, 0.2) is 35.4 Å². The summed E-state index contributed by atoms with van der Waals surface area (Å²) in [5.74, 6) is -0.732. The van der Waals surface area contributed by atoms with E-state index in [2.05, 4.69) is 9.97 Å². The van der Waals surface area contributed by atoms with Gasteiger partial charge >= 0.3 is 0 Å². The fourth-order valence-corrected chi connectivity index (χ4v) is 4.33. The van der Waals surface area contributed by atoms with Crippen LogP contribution in [0.25, 0.3) is 5.65 Å². The molecule has 0 radical (unpaired) electrons. The van der Waals surface area contributed by atoms with Crippen LogP contribution in [-0.2, 0) is 11.2 Å². The first-order valence-corrected chi connectivity index (χ1v) is 11.1. The lowest BCUT2D eigenvalue weighted by molar-refractivity contribution is -0.132. The highest BCUT2D eigenvalue weighted by molar-refractivity contribution is 5.98. The molecule has 0 unspecified atom stereocenters. The second-order valence-electron chi connectivity index (χ2n) is 8.42. The van der Waals surface area contributed by atoms with Crippen molar-refractivity contribution in [2.24, 2.45) is 5.92 Å². The Balaban J connectivity index is 1.27. The largest absolute Gasteiger partial charge is 0.494 e. The molecule has 1 N–H and O–H groups in total. The molecule has 1 amide bonds. The van der Waals surface area contributed by atoms with E-state index in [4.69, 9.17) is 4.74 Å². The number of aromatic nitrogens is 3. The molecule has 0 bridgehead atoms. The summed E-state index contributed by atoms with van der Waals surface area (Å²) in [7, 11) is 1.38. The summed E-state index contributed by atoms with van der Waals surface area (Å²) < 4.78 is 20.6. The van der Waals surface area contributed by atoms with Gasteiger partial charge in [0, 0.05) is 54.8 Å². The van der Waals surface area contributed by atoms with Gasteiger partial charge in [-0.15, -0.1) is 0 Å². The third kappa shape index (κ3) is 4.81. The van der Waals surface area contributed by atoms with Crippen LogP contribution in [0.3, 0.4) is 0 Å². The number of nitrogens with zero attached hydrogens (tertiary/aromatic N) is 3. The lowest BCUT2D eigenvalue weighted by Crippen LogP contribution is -2.40. The van der Waals surface area contributed by atoms with Gasteiger partial charge in [0.2, 0.25) is 11.6 Å². The molecule has 3 heterocycles. The molecular formula is C24H27FN4O4. The summed E-state index contributed by atoms with van der Waals surface area (Å²) in [4.78, 5) is 46.2. The lowest BCUT2D eigenvalue weighted by Gasteiger charge is -2.31. The van der Waals surface area contributed by atoms with Crippen LogP contribution in [-0.4, -0.2) is 51.2 Å². The molecule has 1 aliphatic heterocycles. The zero-order chi connectivity index (χ0) is 23.5. The van der Waals surface area contributed by atoms with E-state index in [1.54, 1.807) is 21.6 Å². The molecule has 8 nitrogen and oxygen atoms in total. The van der Waals surface area contributed by atoms with E-state index < -0.39 is 5.82 Å². The number of aryl methyl sites for hydroxylation is 2. The quantitative estimate of drug-likeness (QED) is 0.554. The van der Waals surface area contributed by atoms with Gasteiger partial charge < -0.3 is 14.6 Å². The topological polar surface area (TPSA) is 96.8 Å². The molecule has 1 fully saturated rings. The highest BCUT2D eigenvalue weighted by Gasteiger charge is 2.28. The number of nitrogens with one attached hydrogen (secondary N) is 1. The Bertz CT molecular complexity index is 1240. The number of piperidine rings is 1. The molecule has 4 rings (SSSR count). The van der Waals surface area contributed by atoms with Crippen LogP contribution in [0.4, 0.5) is 4.39 Å². The van der Waals surface area contributed by atoms with Gasteiger partial charge in [-0.05, 0) is 50.8 Å². The van der Waals surface area contributed by atoms with E-state index in [1.807, 2.05) is 13.1 Å². The number of halogens is 1. The van der Waals surface area contributed by atoms with Crippen molar-refractivity contribution in [3.05, 3.63) is 63.7 Å². The molecule has 0 saturated carbocycles. The van der Waals surface area contributed by atoms with E-state index in [1.165, 1.54) is 19.2 Å². The van der Waals surface area contributed by atoms with E-state index in [-0.39, 0.29) is 28.9 Å². The van der Waals surface area contributed by atoms with E-state index in [0.29, 0.717) is 56.4 Å². The number of fused-ring (bicyclic) bond motifs is 1. The van der Waals surface area contributed by atoms with Gasteiger partial charge in [0.15, 0.2) is 17.3 Å². The minimum absolute atomic E-state index is 0.0404. The maximum atomic E-state index is 13.9. The van der Waals surface area contributed by atoms with Gasteiger partial charge in [-0.2, -0.15) is 0 Å². The van der Waals surface area contributed by atoms with Crippen molar-refractivity contribution in [1.82, 2.24) is 19.3 Å². The summed E-state index contributed by atoms with van der Waals surface area (Å²) in [6.45, 7) is 2.89. The first-order valence-electron chi connectivity index (χ1n) is 11.1. The number of benzene rings is 1. The van der Waals surface area contributed by atoms with Crippen LogP contribution in [0.2, 0.25) is 0 Å². The van der Waals surface area contributed by atoms with Gasteiger partial charge in [-0.25, -0.2) is 9.37 Å². The molecule has 9 heteroatoms. The van der Waals surface area contributed by atoms with Crippen molar-refractivity contribution in [1.29, 1.82) is 0 Å². The molecule has 3 aromatic rings. The fourth-order valence-electron chi connectivity index (χ4n) is 4.33. The van der Waals surface area contributed by atoms with Crippen molar-refractivity contribution < 1.29 is 18.7 Å². The van der Waals surface area contributed by atoms with Crippen LogP contribution in [0.5, 0.6) is 5.75 Å². The lowest BCUT2D eigenvalue weighted by atomic mass is 9.88. The Morgan fingerprint density at radius 3 is 2.73 bits per heavy atom. The van der Waals surface area contributed by atoms with Crippen LogP contribution < -0.4 is 10.3 Å². The number of carbonyl (C=O) groups is 2. The van der Waals surface area contributed by atoms with Crippen molar-refractivity contribution in [2.75, 3.05) is 20.2 Å². The van der Waals surface area contributed by atoms with Gasteiger partial charge in [0.05, 0.1) is 7.11 Å². The molecule has 33 heavy (non-hydrogen) atoms. The first kappa shape index (κ1) is 22.7. The Morgan fingerprint density at radius 1 is 1.27 bits per heavy atom. The molecule has 0 spiro atoms. The monoisotopic (exact) mass is 454 g/mol. The van der Waals surface area contributed by atoms with Crippen molar-refractivity contribution in [2.45, 2.75) is 39.0 Å². The molecule has 1 aliphatic rings. The summed E-state index contributed by atoms with van der Waals surface area (Å²) in [5, 5.41) is 0. The Morgan fingerprint density at radius 2 is 2.03 bits per heavy atom. The summed E-state index contributed by atoms with van der Waals surface area (Å²) in [6, 6.07) is 4.25. The summed E-state index contributed by atoms with van der Waals surface area (Å²) in [5.41, 5.74) is 2.09. The van der Waals surface area contributed by atoms with Gasteiger partial charge in [-0.3, -0.25) is 18.8 Å². The molecule has 0 aliphatic carbocycles. The average molecular weight is 455 g/mol. The molecule has 0 atom stereocenters. The number of hydrogen-bond acceptors (Lipinski definition) is 5. The number of imidazole rings is 1. The number of likely N-dealkylation sites (tertiary alicyclic amines) is 1. The van der Waals surface area contributed by atoms with Crippen LogP contribution in [0, 0.1) is 18.7 Å². The molecule has 1 saturated heterocycles. The second kappa shape index (κ2) is 9.56. The van der Waals surface area contributed by atoms with Gasteiger partial charge in [0.1, 0.15) is 0 Å². The smallest absolute Gasteiger partial charge is 0.291 e. The van der Waals surface area contributed by atoms with Crippen molar-refractivity contribution >= 4 is 17.3 Å². The molecule has 2 aromatic heterocycles. The number of hydrogen-bond donors (Lipinski definition) is 1. The van der Waals surface area contributed by atoms with Crippen LogP contribution in [0.1, 0.15) is 47.4 Å². The number of aromatic amines is 1. The van der Waals surface area contributed by atoms with Gasteiger partial charge in [-0.1, -0.05) is 0 Å². The Labute approximate surface area is 190 Å². The summed E-state index contributed by atoms with van der Waals surface area (Å²) >= 11 is 0. The predicted molar refractivity (Wildman–Crippen MR) is 120 cm³/mol. The fraction of sp³-hybridized carbons (Fsp3) is 0.417. The highest BCUT2D eigenvalue weighted by atomic mass is 19.1. The SMILES string of the molecule is COc1ccc(C(=O)C2CCN(C(=O)CCCc3cn4c(C)cnc4c(=O)[nH]3)CC2)cc1F. The Kier molecular flexibility index (Phi) is 6.57. The maximum Gasteiger partial charge on any atom is 0.291 e. The second-order valence-corrected chi connectivity index (χ2v) is 8.42. The van der Waals surface area contributed by atoms with E-state index >= 15 is 0 Å². The average Bonchev–Trinajstić information content (AvgIpc) is 3.19. The molecule has 1 aromatic carbocycles. The van der Waals surface area contributed by atoms with Crippen molar-refractivity contribution in [3.63, 3.8) is 0 Å². The number of methoxy groups -OCH3 is 1. The standard InChI is InChI=1S/C24H27FN4O4/c1-15-13-26-23-24(32)27-18(14-29(15)23)4-3-5-21(30)28-10-8-16(9-11-28)22(31)17-6-7-20(33-2)19(25)12-17/h6-7,12-14,16H,3-5,8-11H2,1-2H3,(H,27,32). The third-order valence-electron chi connectivity index (χ3n) is 6.24. The minimum atomic E-state index is -0.556. The number of amides is 1. The molecular weight excluding hydrogens is 427 g/mol. The zero-order valence-corrected chi connectivity index (χ0v) is 18.8. The number of Topliss-reactive ketones (excluding diaryl/α,β-unsaturated/α-hetero) is 1. The van der Waals surface area contributed by atoms with E-state index in [9.17, 15) is 18.8 Å². The summed E-state index contributed by atoms with van der Waals surface area (Å²) in [6.07, 6.45) is 6.17. The third-order valence-corrected chi connectivity index (χ3v) is 6.24. The predicted octanol–water partition coefficient (Wildman–Crippen LogP) is 2.92. The zero-order valence-electron chi connectivity index (χ0n) is 18.8. The van der Waals surface area contributed by atoms with Gasteiger partial charge in [0.25, 0.3) is 5.56 Å². The normalized spacial score (nSPS) is 14.6. The number of ketones is 1. The number of H-pyrrole nitrogens is 1. The minimum Gasteiger partial charge on any atom is -0.494 e. The molecule has 174 valence electrons. The number of rotatable bonds is 7. The van der Waals surface area contributed by atoms with E-state index in [0.717, 1.165) is 11.4 Å². The highest BCUT2D eigenvalue weighted by Crippen LogP contribution is 2.25. The Hall–Kier alpha value is -3.49. The number of ether oxygens (including phenoxy) is 1. The maximum absolute atomic E-state index is 13.9.